The van der Waals surface area contributed by atoms with Crippen LogP contribution in [0.4, 0.5) is 17.1 Å². The Labute approximate surface area is 195 Å². The van der Waals surface area contributed by atoms with Crippen LogP contribution in [0.3, 0.4) is 0 Å². The molecule has 32 heavy (non-hydrogen) atoms. The maximum atomic E-state index is 10.8. The van der Waals surface area contributed by atoms with Crippen LogP contribution in [-0.4, -0.2) is 38.8 Å². The van der Waals surface area contributed by atoms with Crippen LogP contribution in [-0.2, 0) is 4.79 Å². The predicted molar refractivity (Wildman–Crippen MR) is 129 cm³/mol. The summed E-state index contributed by atoms with van der Waals surface area (Å²) >= 11 is 3.39. The van der Waals surface area contributed by atoms with Crippen molar-refractivity contribution < 1.29 is 19.0 Å². The Hall–Kier alpha value is -3.39. The maximum absolute atomic E-state index is 10.8. The van der Waals surface area contributed by atoms with Gasteiger partial charge in [-0.2, -0.15) is 0 Å². The molecule has 0 bridgehead atoms. The zero-order valence-electron chi connectivity index (χ0n) is 17.4. The Balaban J connectivity index is 0.000000115. The molecular formula is C24H24BrN3O4. The van der Waals surface area contributed by atoms with Crippen molar-refractivity contribution in [3.8, 4) is 17.2 Å². The molecule has 0 saturated carbocycles. The molecule has 3 aromatic carbocycles. The Morgan fingerprint density at radius 1 is 0.688 bits per heavy atom. The SMILES string of the molecule is Brc1ccc2c(c1)NCCO2.O=C1COc2ccccc2N1.c1ccc2c(c1)NCCO2. The fraction of sp³-hybridized carbons (Fsp3) is 0.208. The van der Waals surface area contributed by atoms with Gasteiger partial charge in [-0.05, 0) is 42.5 Å². The second-order valence-electron chi connectivity index (χ2n) is 7.02. The van der Waals surface area contributed by atoms with E-state index in [2.05, 4.69) is 31.9 Å². The molecule has 3 N–H and O–H groups in total. The van der Waals surface area contributed by atoms with Gasteiger partial charge in [0.25, 0.3) is 5.91 Å². The molecule has 3 heterocycles. The summed E-state index contributed by atoms with van der Waals surface area (Å²) in [4.78, 5) is 10.8. The maximum Gasteiger partial charge on any atom is 0.262 e. The number of ether oxygens (including phenoxy) is 3. The van der Waals surface area contributed by atoms with Gasteiger partial charge in [-0.3, -0.25) is 4.79 Å². The molecule has 0 radical (unpaired) electrons. The zero-order valence-corrected chi connectivity index (χ0v) is 19.0. The largest absolute Gasteiger partial charge is 0.490 e. The van der Waals surface area contributed by atoms with Crippen LogP contribution < -0.4 is 30.2 Å². The monoisotopic (exact) mass is 497 g/mol. The standard InChI is InChI=1S/C8H8BrNO.C8H7NO2.C8H9NO/c9-6-1-2-8-7(5-6)10-3-4-11-8;10-8-5-11-7-4-2-1-3-6(7)9-8;1-2-4-8-7(3-1)9-5-6-10-8/h1-2,5,10H,3-4H2;1-4H,5H2,(H,9,10);1-4,9H,5-6H2. The van der Waals surface area contributed by atoms with Gasteiger partial charge in [-0.25, -0.2) is 0 Å². The molecule has 3 aliphatic rings. The topological polar surface area (TPSA) is 80.9 Å². The van der Waals surface area contributed by atoms with E-state index in [4.69, 9.17) is 14.2 Å². The van der Waals surface area contributed by atoms with Gasteiger partial charge < -0.3 is 30.2 Å². The first-order valence-corrected chi connectivity index (χ1v) is 11.1. The Morgan fingerprint density at radius 3 is 2.00 bits per heavy atom. The van der Waals surface area contributed by atoms with Crippen LogP contribution in [0.2, 0.25) is 0 Å². The van der Waals surface area contributed by atoms with E-state index in [9.17, 15) is 4.79 Å². The van der Waals surface area contributed by atoms with E-state index in [1.807, 2.05) is 66.7 Å². The van der Waals surface area contributed by atoms with E-state index in [0.29, 0.717) is 0 Å². The number of hydrogen-bond acceptors (Lipinski definition) is 6. The van der Waals surface area contributed by atoms with Gasteiger partial charge in [0.15, 0.2) is 6.61 Å². The van der Waals surface area contributed by atoms with Crippen molar-refractivity contribution in [2.75, 3.05) is 48.9 Å². The van der Waals surface area contributed by atoms with Gasteiger partial charge in [0.1, 0.15) is 30.5 Å². The molecule has 6 rings (SSSR count). The Morgan fingerprint density at radius 2 is 1.28 bits per heavy atom. The molecule has 1 amide bonds. The summed E-state index contributed by atoms with van der Waals surface area (Å²) < 4.78 is 17.0. The lowest BCUT2D eigenvalue weighted by Gasteiger charge is -2.18. The second kappa shape index (κ2) is 10.8. The van der Waals surface area contributed by atoms with E-state index >= 15 is 0 Å². The van der Waals surface area contributed by atoms with E-state index in [0.717, 1.165) is 65.1 Å². The average Bonchev–Trinajstić information content (AvgIpc) is 2.85. The van der Waals surface area contributed by atoms with Crippen molar-refractivity contribution in [1.29, 1.82) is 0 Å². The fourth-order valence-electron chi connectivity index (χ4n) is 3.22. The van der Waals surface area contributed by atoms with Gasteiger partial charge in [-0.15, -0.1) is 0 Å². The van der Waals surface area contributed by atoms with E-state index in [1.165, 1.54) is 0 Å². The number of para-hydroxylation sites is 4. The molecule has 8 heteroatoms. The third-order valence-electron chi connectivity index (χ3n) is 4.70. The highest BCUT2D eigenvalue weighted by Gasteiger charge is 2.13. The summed E-state index contributed by atoms with van der Waals surface area (Å²) in [5.74, 6) is 2.56. The summed E-state index contributed by atoms with van der Waals surface area (Å²) in [5.41, 5.74) is 2.93. The minimum atomic E-state index is -0.0938. The highest BCUT2D eigenvalue weighted by atomic mass is 79.9. The van der Waals surface area contributed by atoms with Gasteiger partial charge in [0.2, 0.25) is 0 Å². The molecule has 0 unspecified atom stereocenters. The lowest BCUT2D eigenvalue weighted by molar-refractivity contribution is -0.118. The highest BCUT2D eigenvalue weighted by molar-refractivity contribution is 9.10. The Bertz CT molecular complexity index is 1050. The smallest absolute Gasteiger partial charge is 0.262 e. The van der Waals surface area contributed by atoms with Crippen LogP contribution >= 0.6 is 15.9 Å². The third-order valence-corrected chi connectivity index (χ3v) is 5.19. The molecule has 3 aromatic rings. The van der Waals surface area contributed by atoms with Crippen molar-refractivity contribution in [1.82, 2.24) is 0 Å². The van der Waals surface area contributed by atoms with Crippen LogP contribution in [0.25, 0.3) is 0 Å². The molecule has 7 nitrogen and oxygen atoms in total. The zero-order chi connectivity index (χ0) is 22.2. The summed E-state index contributed by atoms with van der Waals surface area (Å²) in [6.45, 7) is 3.46. The summed E-state index contributed by atoms with van der Waals surface area (Å²) in [6, 6.07) is 21.3. The lowest BCUT2D eigenvalue weighted by Crippen LogP contribution is -2.25. The first kappa shape index (κ1) is 21.8. The summed E-state index contributed by atoms with van der Waals surface area (Å²) in [7, 11) is 0. The molecule has 0 saturated heterocycles. The second-order valence-corrected chi connectivity index (χ2v) is 7.94. The molecule has 0 aliphatic carbocycles. The minimum absolute atomic E-state index is 0.0938. The van der Waals surface area contributed by atoms with E-state index < -0.39 is 0 Å². The molecule has 0 spiro atoms. The van der Waals surface area contributed by atoms with E-state index in [1.54, 1.807) is 0 Å². The minimum Gasteiger partial charge on any atom is -0.490 e. The van der Waals surface area contributed by atoms with Crippen LogP contribution in [0, 0.1) is 0 Å². The summed E-state index contributed by atoms with van der Waals surface area (Å²) in [5, 5.41) is 9.18. The molecule has 166 valence electrons. The molecule has 0 fully saturated rings. The molecule has 0 atom stereocenters. The van der Waals surface area contributed by atoms with Gasteiger partial charge >= 0.3 is 0 Å². The molecular weight excluding hydrogens is 474 g/mol. The summed E-state index contributed by atoms with van der Waals surface area (Å²) in [6.07, 6.45) is 0. The number of carbonyl (C=O) groups excluding carboxylic acids is 1. The highest BCUT2D eigenvalue weighted by Crippen LogP contribution is 2.30. The molecule has 3 aliphatic heterocycles. The number of benzene rings is 3. The fourth-order valence-corrected chi connectivity index (χ4v) is 3.58. The quantitative estimate of drug-likeness (QED) is 0.415. The average molecular weight is 498 g/mol. The van der Waals surface area contributed by atoms with Gasteiger partial charge in [-0.1, -0.05) is 40.2 Å². The number of hydrogen-bond donors (Lipinski definition) is 3. The van der Waals surface area contributed by atoms with Crippen LogP contribution in [0.15, 0.2) is 71.2 Å². The van der Waals surface area contributed by atoms with Crippen LogP contribution in [0.5, 0.6) is 17.2 Å². The molecule has 0 aromatic heterocycles. The van der Waals surface area contributed by atoms with Crippen molar-refractivity contribution in [2.24, 2.45) is 0 Å². The van der Waals surface area contributed by atoms with Crippen molar-refractivity contribution in [2.45, 2.75) is 0 Å². The first-order chi connectivity index (χ1) is 15.7. The van der Waals surface area contributed by atoms with Gasteiger partial charge in [0.05, 0.1) is 17.1 Å². The predicted octanol–water partition coefficient (Wildman–Crippen LogP) is 4.76. The van der Waals surface area contributed by atoms with Crippen LogP contribution in [0.1, 0.15) is 0 Å². The Kier molecular flexibility index (Phi) is 7.34. The van der Waals surface area contributed by atoms with Crippen molar-refractivity contribution >= 4 is 38.9 Å². The first-order valence-electron chi connectivity index (χ1n) is 10.3. The van der Waals surface area contributed by atoms with E-state index in [-0.39, 0.29) is 12.5 Å². The number of halogens is 1. The number of amides is 1. The van der Waals surface area contributed by atoms with Crippen molar-refractivity contribution in [3.05, 3.63) is 71.2 Å². The van der Waals surface area contributed by atoms with Crippen molar-refractivity contribution in [3.63, 3.8) is 0 Å². The number of carbonyl (C=O) groups is 1. The lowest BCUT2D eigenvalue weighted by atomic mass is 10.2. The number of rotatable bonds is 0. The number of nitrogens with one attached hydrogen (secondary N) is 3. The normalized spacial score (nSPS) is 14.7. The number of fused-ring (bicyclic) bond motifs is 3. The third kappa shape index (κ3) is 5.85. The van der Waals surface area contributed by atoms with Gasteiger partial charge in [0, 0.05) is 17.6 Å². The number of anilines is 3.